The molecule has 10 rings (SSSR count). The van der Waals surface area contributed by atoms with Gasteiger partial charge in [-0.2, -0.15) is 0 Å². The number of rotatable bonds is 8. The van der Waals surface area contributed by atoms with Crippen molar-refractivity contribution in [2.24, 2.45) is 15.9 Å². The van der Waals surface area contributed by atoms with Crippen molar-refractivity contribution in [2.45, 2.75) is 13.3 Å². The Labute approximate surface area is 339 Å². The van der Waals surface area contributed by atoms with Crippen LogP contribution in [0.5, 0.6) is 0 Å². The molecule has 0 saturated heterocycles. The molecule has 0 bridgehead atoms. The monoisotopic (exact) mass is 744 g/mol. The molecule has 1 aliphatic heterocycles. The average Bonchev–Trinajstić information content (AvgIpc) is 3.56. The fourth-order valence-corrected chi connectivity index (χ4v) is 8.10. The smallest absolute Gasteiger partial charge is 0.160 e. The number of amidine groups is 1. The van der Waals surface area contributed by atoms with Gasteiger partial charge in [0.25, 0.3) is 0 Å². The summed E-state index contributed by atoms with van der Waals surface area (Å²) in [7, 11) is 0. The second kappa shape index (κ2) is 15.3. The minimum absolute atomic E-state index is 0.0192. The van der Waals surface area contributed by atoms with Gasteiger partial charge in [0.05, 0.1) is 11.4 Å². The van der Waals surface area contributed by atoms with Gasteiger partial charge in [-0.15, -0.1) is 0 Å². The zero-order valence-corrected chi connectivity index (χ0v) is 32.2. The second-order valence-corrected chi connectivity index (χ2v) is 14.9. The summed E-state index contributed by atoms with van der Waals surface area (Å²) in [5, 5.41) is 2.18. The molecule has 1 atom stereocenters. The van der Waals surface area contributed by atoms with Crippen molar-refractivity contribution in [3.8, 4) is 44.5 Å². The summed E-state index contributed by atoms with van der Waals surface area (Å²) in [5.74, 6) is 0.681. The molecule has 1 aliphatic rings. The Hall–Kier alpha value is -7.36. The van der Waals surface area contributed by atoms with Crippen LogP contribution in [0, 0.1) is 5.92 Å². The zero-order valence-electron chi connectivity index (χ0n) is 32.2. The predicted octanol–water partition coefficient (Wildman–Crippen LogP) is 14.6. The van der Waals surface area contributed by atoms with Gasteiger partial charge in [0, 0.05) is 22.3 Å². The molecule has 0 fully saturated rings. The van der Waals surface area contributed by atoms with E-state index in [0.717, 1.165) is 67.6 Å². The van der Waals surface area contributed by atoms with Crippen LogP contribution in [0.2, 0.25) is 0 Å². The first-order chi connectivity index (χ1) is 28.7. The van der Waals surface area contributed by atoms with E-state index in [0.29, 0.717) is 5.84 Å². The van der Waals surface area contributed by atoms with E-state index >= 15 is 0 Å². The van der Waals surface area contributed by atoms with E-state index in [2.05, 4.69) is 201 Å². The van der Waals surface area contributed by atoms with E-state index in [4.69, 9.17) is 14.4 Å². The maximum Gasteiger partial charge on any atom is 0.160 e. The average molecular weight is 745 g/mol. The highest BCUT2D eigenvalue weighted by atomic mass is 16.3. The van der Waals surface area contributed by atoms with Crippen LogP contribution >= 0.6 is 0 Å². The summed E-state index contributed by atoms with van der Waals surface area (Å²) < 4.78 is 6.37. The lowest BCUT2D eigenvalue weighted by molar-refractivity contribution is 0.669. The van der Waals surface area contributed by atoms with Crippen LogP contribution in [0.25, 0.3) is 72.1 Å². The van der Waals surface area contributed by atoms with Gasteiger partial charge in [0.2, 0.25) is 0 Å². The maximum atomic E-state index is 6.37. The van der Waals surface area contributed by atoms with Crippen molar-refractivity contribution in [2.75, 3.05) is 0 Å². The van der Waals surface area contributed by atoms with E-state index in [1.54, 1.807) is 0 Å². The number of aliphatic imine (C=N–C) groups is 2. The Morgan fingerprint density at radius 1 is 0.379 bits per heavy atom. The van der Waals surface area contributed by atoms with Crippen molar-refractivity contribution in [3.63, 3.8) is 0 Å². The third-order valence-corrected chi connectivity index (χ3v) is 11.2. The standard InChI is InChI=1S/C55H40N2O/c1-2-37-35-51(42-27-25-41(26-28-42)38-15-6-3-7-16-38)56-55(45-29-30-50-49-23-12-13-24-52(49)58-53(50)36-45)57-54(37)44-22-14-21-43(31-44)48-33-46(39-17-8-4-9-18-39)32-47(34-48)40-19-10-5-11-20-40/h3-37H,2H2,1H3. The molecule has 1 aromatic heterocycles. The van der Waals surface area contributed by atoms with Gasteiger partial charge in [-0.3, -0.25) is 0 Å². The van der Waals surface area contributed by atoms with E-state index < -0.39 is 0 Å². The van der Waals surface area contributed by atoms with E-state index in [-0.39, 0.29) is 5.92 Å². The number of furan rings is 1. The Morgan fingerprint density at radius 3 is 1.52 bits per heavy atom. The minimum atomic E-state index is 0.0192. The van der Waals surface area contributed by atoms with Crippen LogP contribution in [0.4, 0.5) is 0 Å². The minimum Gasteiger partial charge on any atom is -0.456 e. The summed E-state index contributed by atoms with van der Waals surface area (Å²) in [6.07, 6.45) is 3.17. The fraction of sp³-hybridized carbons (Fsp3) is 0.0545. The first kappa shape index (κ1) is 35.1. The highest BCUT2D eigenvalue weighted by molar-refractivity contribution is 6.17. The number of benzene rings is 8. The Bertz CT molecular complexity index is 2950. The molecule has 1 unspecified atom stereocenters. The first-order valence-corrected chi connectivity index (χ1v) is 20.0. The Morgan fingerprint density at radius 2 is 0.862 bits per heavy atom. The summed E-state index contributed by atoms with van der Waals surface area (Å²) in [5.41, 5.74) is 16.0. The molecule has 58 heavy (non-hydrogen) atoms. The summed E-state index contributed by atoms with van der Waals surface area (Å²) in [4.78, 5) is 10.9. The molecule has 0 radical (unpaired) electrons. The molecule has 276 valence electrons. The van der Waals surface area contributed by atoms with Gasteiger partial charge >= 0.3 is 0 Å². The number of para-hydroxylation sites is 1. The second-order valence-electron chi connectivity index (χ2n) is 14.9. The number of hydrogen-bond donors (Lipinski definition) is 0. The van der Waals surface area contributed by atoms with Gasteiger partial charge in [-0.1, -0.05) is 165 Å². The fourth-order valence-electron chi connectivity index (χ4n) is 8.10. The molecular formula is C55H40N2O. The maximum absolute atomic E-state index is 6.37. The Balaban J connectivity index is 1.11. The highest BCUT2D eigenvalue weighted by Crippen LogP contribution is 2.36. The number of nitrogens with zero attached hydrogens (tertiary/aromatic N) is 2. The lowest BCUT2D eigenvalue weighted by Gasteiger charge is -2.16. The topological polar surface area (TPSA) is 37.9 Å². The Kier molecular flexibility index (Phi) is 9.25. The largest absolute Gasteiger partial charge is 0.456 e. The quantitative estimate of drug-likeness (QED) is 0.153. The van der Waals surface area contributed by atoms with Gasteiger partial charge in [0.15, 0.2) is 5.84 Å². The summed E-state index contributed by atoms with van der Waals surface area (Å²) >= 11 is 0. The van der Waals surface area contributed by atoms with Crippen LogP contribution in [0.15, 0.2) is 221 Å². The SMILES string of the molecule is CCC1C=C(c2ccc(-c3ccccc3)cc2)N=C(c2ccc3c(c2)oc2ccccc23)N=C1c1cccc(-c2cc(-c3ccccc3)cc(-c3ccccc3)c2)c1. The molecule has 0 amide bonds. The first-order valence-electron chi connectivity index (χ1n) is 20.0. The molecule has 8 aromatic carbocycles. The molecule has 0 N–H and O–H groups in total. The van der Waals surface area contributed by atoms with Crippen molar-refractivity contribution < 1.29 is 4.42 Å². The third kappa shape index (κ3) is 6.88. The van der Waals surface area contributed by atoms with Crippen LogP contribution in [-0.2, 0) is 0 Å². The van der Waals surface area contributed by atoms with Crippen molar-refractivity contribution in [1.29, 1.82) is 0 Å². The highest BCUT2D eigenvalue weighted by Gasteiger charge is 2.23. The lowest BCUT2D eigenvalue weighted by atomic mass is 9.89. The number of hydrogen-bond acceptors (Lipinski definition) is 3. The molecule has 3 nitrogen and oxygen atoms in total. The van der Waals surface area contributed by atoms with E-state index in [1.165, 1.54) is 33.4 Å². The van der Waals surface area contributed by atoms with Crippen molar-refractivity contribution in [3.05, 3.63) is 223 Å². The molecule has 3 heteroatoms. The normalized spacial score (nSPS) is 14.2. The van der Waals surface area contributed by atoms with Crippen LogP contribution in [0.3, 0.4) is 0 Å². The van der Waals surface area contributed by atoms with Gasteiger partial charge in [-0.05, 0) is 111 Å². The molecule has 0 saturated carbocycles. The van der Waals surface area contributed by atoms with E-state index in [9.17, 15) is 0 Å². The van der Waals surface area contributed by atoms with Gasteiger partial charge in [0.1, 0.15) is 11.2 Å². The molecule has 0 aliphatic carbocycles. The third-order valence-electron chi connectivity index (χ3n) is 11.2. The van der Waals surface area contributed by atoms with Crippen LogP contribution in [0.1, 0.15) is 30.0 Å². The number of allylic oxidation sites excluding steroid dienone is 1. The van der Waals surface area contributed by atoms with Crippen molar-refractivity contribution in [1.82, 2.24) is 0 Å². The van der Waals surface area contributed by atoms with Crippen LogP contribution in [-0.4, -0.2) is 11.5 Å². The lowest BCUT2D eigenvalue weighted by Crippen LogP contribution is -2.15. The van der Waals surface area contributed by atoms with Crippen molar-refractivity contribution >= 4 is 39.2 Å². The van der Waals surface area contributed by atoms with E-state index in [1.807, 2.05) is 12.1 Å². The van der Waals surface area contributed by atoms with Gasteiger partial charge in [-0.25, -0.2) is 9.98 Å². The van der Waals surface area contributed by atoms with Crippen LogP contribution < -0.4 is 0 Å². The number of fused-ring (bicyclic) bond motifs is 3. The molecule has 0 spiro atoms. The molecule has 2 heterocycles. The van der Waals surface area contributed by atoms with Gasteiger partial charge < -0.3 is 4.42 Å². The summed E-state index contributed by atoms with van der Waals surface area (Å²) in [6, 6.07) is 70.8. The molecule has 9 aromatic rings. The zero-order chi connectivity index (χ0) is 38.8. The predicted molar refractivity (Wildman–Crippen MR) is 243 cm³/mol. The molecular weight excluding hydrogens is 705 g/mol. The summed E-state index contributed by atoms with van der Waals surface area (Å²) in [6.45, 7) is 2.23.